The molecule has 108 valence electrons. The maximum absolute atomic E-state index is 13.5. The number of amides is 1. The van der Waals surface area contributed by atoms with E-state index in [0.29, 0.717) is 0 Å². The lowest BCUT2D eigenvalue weighted by atomic mass is 10.1. The Hall–Kier alpha value is -2.67. The fourth-order valence-corrected chi connectivity index (χ4v) is 1.87. The first-order chi connectivity index (χ1) is 9.90. The van der Waals surface area contributed by atoms with Gasteiger partial charge in [-0.3, -0.25) is 14.9 Å². The lowest BCUT2D eigenvalue weighted by Crippen LogP contribution is -2.15. The molecule has 0 radical (unpaired) electrons. The number of para-hydroxylation sites is 1. The Morgan fingerprint density at radius 1 is 1.33 bits per heavy atom. The number of carbonyl (C=O) groups excluding carboxylic acids is 1. The molecule has 1 amide bonds. The van der Waals surface area contributed by atoms with Crippen molar-refractivity contribution in [3.05, 3.63) is 62.9 Å². The molecule has 0 spiro atoms. The highest BCUT2D eigenvalue weighted by Gasteiger charge is 2.19. The summed E-state index contributed by atoms with van der Waals surface area (Å²) in [6.45, 7) is 0. The van der Waals surface area contributed by atoms with Crippen molar-refractivity contribution in [1.29, 1.82) is 0 Å². The number of carbonyl (C=O) groups is 1. The van der Waals surface area contributed by atoms with Crippen molar-refractivity contribution in [2.45, 2.75) is 0 Å². The average Bonchev–Trinajstić information content (AvgIpc) is 2.42. The zero-order valence-corrected chi connectivity index (χ0v) is 11.2. The molecule has 2 aromatic rings. The fourth-order valence-electron chi connectivity index (χ4n) is 1.69. The number of anilines is 2. The first kappa shape index (κ1) is 14.7. The summed E-state index contributed by atoms with van der Waals surface area (Å²) in [7, 11) is 0. The Balaban J connectivity index is 2.35. The number of nitrogens with two attached hydrogens (primary N) is 1. The third-order valence-corrected chi connectivity index (χ3v) is 2.94. The van der Waals surface area contributed by atoms with Crippen LogP contribution >= 0.6 is 11.6 Å². The van der Waals surface area contributed by atoms with Crippen molar-refractivity contribution in [3.63, 3.8) is 0 Å². The second-order valence-corrected chi connectivity index (χ2v) is 4.51. The number of hydrogen-bond donors (Lipinski definition) is 2. The smallest absolute Gasteiger partial charge is 0.292 e. The van der Waals surface area contributed by atoms with Crippen LogP contribution < -0.4 is 11.1 Å². The number of nitrogens with zero attached hydrogens (tertiary/aromatic N) is 1. The number of hydrogen-bond acceptors (Lipinski definition) is 4. The Labute approximate surface area is 123 Å². The molecule has 0 atom stereocenters. The fraction of sp³-hybridized carbons (Fsp3) is 0. The second-order valence-electron chi connectivity index (χ2n) is 4.07. The highest BCUT2D eigenvalue weighted by atomic mass is 35.5. The third kappa shape index (κ3) is 3.09. The van der Waals surface area contributed by atoms with E-state index < -0.39 is 22.3 Å². The summed E-state index contributed by atoms with van der Waals surface area (Å²) in [5.41, 5.74) is 4.64. The monoisotopic (exact) mass is 309 g/mol. The van der Waals surface area contributed by atoms with Crippen LogP contribution in [0.5, 0.6) is 0 Å². The number of benzene rings is 2. The summed E-state index contributed by atoms with van der Waals surface area (Å²) in [6.07, 6.45) is 0. The van der Waals surface area contributed by atoms with Gasteiger partial charge in [0.05, 0.1) is 16.2 Å². The second kappa shape index (κ2) is 5.76. The van der Waals surface area contributed by atoms with Gasteiger partial charge in [-0.15, -0.1) is 0 Å². The molecule has 0 saturated heterocycles. The van der Waals surface area contributed by atoms with Crippen LogP contribution in [0.15, 0.2) is 36.4 Å². The standard InChI is InChI=1S/C13H9ClFN3O3/c14-7-4-5-9(15)10(6-7)17-13(19)8-2-1-3-11(12(8)16)18(20)21/h1-6H,16H2,(H,17,19). The summed E-state index contributed by atoms with van der Waals surface area (Å²) in [5.74, 6) is -1.45. The van der Waals surface area contributed by atoms with E-state index in [1.807, 2.05) is 0 Å². The quantitative estimate of drug-likeness (QED) is 0.516. The molecule has 0 unspecified atom stereocenters. The highest BCUT2D eigenvalue weighted by Crippen LogP contribution is 2.26. The molecule has 0 bridgehead atoms. The molecule has 3 N–H and O–H groups in total. The SMILES string of the molecule is Nc1c(C(=O)Nc2cc(Cl)ccc2F)cccc1[N+](=O)[O-]. The van der Waals surface area contributed by atoms with Crippen molar-refractivity contribution in [2.24, 2.45) is 0 Å². The van der Waals surface area contributed by atoms with E-state index in [1.54, 1.807) is 0 Å². The van der Waals surface area contributed by atoms with E-state index in [0.717, 1.165) is 6.07 Å². The predicted molar refractivity (Wildman–Crippen MR) is 76.9 cm³/mol. The lowest BCUT2D eigenvalue weighted by Gasteiger charge is -2.08. The Kier molecular flexibility index (Phi) is 4.04. The van der Waals surface area contributed by atoms with Crippen LogP contribution in [0, 0.1) is 15.9 Å². The minimum absolute atomic E-state index is 0.122. The molecule has 2 rings (SSSR count). The van der Waals surface area contributed by atoms with Gasteiger partial charge in [0.15, 0.2) is 0 Å². The van der Waals surface area contributed by atoms with E-state index in [4.69, 9.17) is 17.3 Å². The van der Waals surface area contributed by atoms with E-state index in [2.05, 4.69) is 5.32 Å². The molecule has 6 nitrogen and oxygen atoms in total. The number of nitro benzene ring substituents is 1. The zero-order valence-electron chi connectivity index (χ0n) is 10.5. The van der Waals surface area contributed by atoms with Crippen LogP contribution in [0.4, 0.5) is 21.5 Å². The van der Waals surface area contributed by atoms with Crippen molar-refractivity contribution in [1.82, 2.24) is 0 Å². The van der Waals surface area contributed by atoms with Gasteiger partial charge in [-0.25, -0.2) is 4.39 Å². The summed E-state index contributed by atoms with van der Waals surface area (Å²) in [4.78, 5) is 22.1. The van der Waals surface area contributed by atoms with Crippen molar-refractivity contribution < 1.29 is 14.1 Å². The summed E-state index contributed by atoms with van der Waals surface area (Å²) in [6, 6.07) is 7.44. The van der Waals surface area contributed by atoms with Crippen LogP contribution in [0.3, 0.4) is 0 Å². The van der Waals surface area contributed by atoms with Gasteiger partial charge in [0.2, 0.25) is 0 Å². The number of rotatable bonds is 3. The normalized spacial score (nSPS) is 10.2. The number of nitrogen functional groups attached to an aromatic ring is 1. The maximum atomic E-state index is 13.5. The van der Waals surface area contributed by atoms with E-state index in [-0.39, 0.29) is 22.0 Å². The zero-order chi connectivity index (χ0) is 15.6. The maximum Gasteiger partial charge on any atom is 0.292 e. The van der Waals surface area contributed by atoms with Gasteiger partial charge >= 0.3 is 0 Å². The molecule has 21 heavy (non-hydrogen) atoms. The van der Waals surface area contributed by atoms with Gasteiger partial charge in [-0.05, 0) is 24.3 Å². The molecular formula is C13H9ClFN3O3. The molecule has 0 aliphatic heterocycles. The summed E-state index contributed by atoms with van der Waals surface area (Å²) in [5, 5.41) is 13.3. The number of nitro groups is 1. The van der Waals surface area contributed by atoms with Gasteiger partial charge in [-0.2, -0.15) is 0 Å². The third-order valence-electron chi connectivity index (χ3n) is 2.70. The van der Waals surface area contributed by atoms with Crippen molar-refractivity contribution in [2.75, 3.05) is 11.1 Å². The van der Waals surface area contributed by atoms with E-state index in [1.165, 1.54) is 30.3 Å². The molecule has 8 heteroatoms. The van der Waals surface area contributed by atoms with Crippen LogP contribution in [0.25, 0.3) is 0 Å². The van der Waals surface area contributed by atoms with Crippen LogP contribution in [0.2, 0.25) is 5.02 Å². The molecule has 0 heterocycles. The Morgan fingerprint density at radius 2 is 2.05 bits per heavy atom. The first-order valence-corrected chi connectivity index (χ1v) is 6.07. The number of halogens is 2. The largest absolute Gasteiger partial charge is 0.393 e. The van der Waals surface area contributed by atoms with Gasteiger partial charge in [0.25, 0.3) is 11.6 Å². The average molecular weight is 310 g/mol. The topological polar surface area (TPSA) is 98.3 Å². The molecule has 2 aromatic carbocycles. The molecule has 0 aliphatic carbocycles. The minimum atomic E-state index is -0.766. The molecule has 0 aromatic heterocycles. The lowest BCUT2D eigenvalue weighted by molar-refractivity contribution is -0.383. The molecule has 0 aliphatic rings. The summed E-state index contributed by atoms with van der Waals surface area (Å²) >= 11 is 5.71. The van der Waals surface area contributed by atoms with E-state index in [9.17, 15) is 19.3 Å². The highest BCUT2D eigenvalue weighted by molar-refractivity contribution is 6.31. The Bertz CT molecular complexity index is 737. The number of nitrogens with one attached hydrogen (secondary N) is 1. The molecule has 0 fully saturated rings. The minimum Gasteiger partial charge on any atom is -0.393 e. The van der Waals surface area contributed by atoms with Crippen molar-refractivity contribution in [3.8, 4) is 0 Å². The predicted octanol–water partition coefficient (Wildman–Crippen LogP) is 3.22. The van der Waals surface area contributed by atoms with Gasteiger partial charge in [-0.1, -0.05) is 17.7 Å². The van der Waals surface area contributed by atoms with Crippen LogP contribution in [-0.2, 0) is 0 Å². The van der Waals surface area contributed by atoms with Gasteiger partial charge < -0.3 is 11.1 Å². The molecular weight excluding hydrogens is 301 g/mol. The van der Waals surface area contributed by atoms with E-state index >= 15 is 0 Å². The van der Waals surface area contributed by atoms with Crippen LogP contribution in [-0.4, -0.2) is 10.8 Å². The van der Waals surface area contributed by atoms with Gasteiger partial charge in [0, 0.05) is 11.1 Å². The first-order valence-electron chi connectivity index (χ1n) is 5.69. The van der Waals surface area contributed by atoms with Crippen molar-refractivity contribution >= 4 is 34.6 Å². The molecule has 0 saturated carbocycles. The Morgan fingerprint density at radius 3 is 2.71 bits per heavy atom. The summed E-state index contributed by atoms with van der Waals surface area (Å²) < 4.78 is 13.5. The van der Waals surface area contributed by atoms with Gasteiger partial charge in [0.1, 0.15) is 11.5 Å². The van der Waals surface area contributed by atoms with Crippen LogP contribution in [0.1, 0.15) is 10.4 Å².